The molecule has 1 unspecified atom stereocenters. The second-order valence-electron chi connectivity index (χ2n) is 4.66. The van der Waals surface area contributed by atoms with Crippen molar-refractivity contribution in [1.82, 2.24) is 9.78 Å². The molecule has 0 fully saturated rings. The van der Waals surface area contributed by atoms with Crippen LogP contribution in [0.1, 0.15) is 36.2 Å². The molecule has 2 rings (SSSR count). The average molecular weight is 278 g/mol. The van der Waals surface area contributed by atoms with Gasteiger partial charge in [0.25, 0.3) is 0 Å². The van der Waals surface area contributed by atoms with Gasteiger partial charge in [0.15, 0.2) is 0 Å². The highest BCUT2D eigenvalue weighted by Gasteiger charge is 2.08. The molecule has 1 N–H and O–H groups in total. The Balaban J connectivity index is 2.12. The number of hydrogen-bond donors (Lipinski definition) is 1. The van der Waals surface area contributed by atoms with Gasteiger partial charge in [-0.1, -0.05) is 25.1 Å². The SMILES string of the molecule is CCc1cc(CNc2ccccc2C(C)Cl)n(C)n1. The van der Waals surface area contributed by atoms with E-state index in [1.807, 2.05) is 30.8 Å². The molecule has 1 aromatic carbocycles. The topological polar surface area (TPSA) is 29.9 Å². The predicted molar refractivity (Wildman–Crippen MR) is 80.6 cm³/mol. The lowest BCUT2D eigenvalue weighted by Crippen LogP contribution is -2.07. The van der Waals surface area contributed by atoms with Crippen molar-refractivity contribution in [3.05, 3.63) is 47.3 Å². The number of nitrogens with one attached hydrogen (secondary N) is 1. The Kier molecular flexibility index (Phi) is 4.48. The second-order valence-corrected chi connectivity index (χ2v) is 5.32. The molecule has 3 nitrogen and oxygen atoms in total. The number of para-hydroxylation sites is 1. The molecule has 0 aliphatic heterocycles. The average Bonchev–Trinajstić information content (AvgIpc) is 2.77. The zero-order chi connectivity index (χ0) is 13.8. The van der Waals surface area contributed by atoms with Crippen LogP contribution in [0.4, 0.5) is 5.69 Å². The van der Waals surface area contributed by atoms with Crippen LogP contribution in [0, 0.1) is 0 Å². The molecule has 0 radical (unpaired) electrons. The molecule has 0 amide bonds. The van der Waals surface area contributed by atoms with E-state index in [1.165, 1.54) is 5.69 Å². The Labute approximate surface area is 119 Å². The molecule has 4 heteroatoms. The molecule has 102 valence electrons. The van der Waals surface area contributed by atoms with E-state index in [-0.39, 0.29) is 5.38 Å². The molecule has 0 bridgehead atoms. The van der Waals surface area contributed by atoms with Crippen LogP contribution in [0.25, 0.3) is 0 Å². The van der Waals surface area contributed by atoms with E-state index in [2.05, 4.69) is 35.5 Å². The molecular formula is C15H20ClN3. The van der Waals surface area contributed by atoms with Crippen LogP contribution in [0.15, 0.2) is 30.3 Å². The van der Waals surface area contributed by atoms with E-state index >= 15 is 0 Å². The van der Waals surface area contributed by atoms with Crippen molar-refractivity contribution in [2.24, 2.45) is 7.05 Å². The maximum absolute atomic E-state index is 6.19. The van der Waals surface area contributed by atoms with Crippen LogP contribution in [-0.4, -0.2) is 9.78 Å². The monoisotopic (exact) mass is 277 g/mol. The number of rotatable bonds is 5. The number of alkyl halides is 1. The number of aromatic nitrogens is 2. The lowest BCUT2D eigenvalue weighted by Gasteiger charge is -2.13. The molecule has 1 atom stereocenters. The maximum Gasteiger partial charge on any atom is 0.0625 e. The summed E-state index contributed by atoms with van der Waals surface area (Å²) < 4.78 is 1.93. The molecule has 2 aromatic rings. The number of hydrogen-bond acceptors (Lipinski definition) is 2. The van der Waals surface area contributed by atoms with Gasteiger partial charge in [0.1, 0.15) is 0 Å². The third-order valence-electron chi connectivity index (χ3n) is 3.24. The molecule has 19 heavy (non-hydrogen) atoms. The summed E-state index contributed by atoms with van der Waals surface area (Å²) in [6.07, 6.45) is 0.961. The fraction of sp³-hybridized carbons (Fsp3) is 0.400. The highest BCUT2D eigenvalue weighted by molar-refractivity contribution is 6.21. The maximum atomic E-state index is 6.19. The van der Waals surface area contributed by atoms with E-state index in [0.29, 0.717) is 0 Å². The minimum Gasteiger partial charge on any atom is -0.379 e. The van der Waals surface area contributed by atoms with Gasteiger partial charge in [-0.15, -0.1) is 11.6 Å². The Morgan fingerprint density at radius 3 is 2.74 bits per heavy atom. The van der Waals surface area contributed by atoms with Gasteiger partial charge in [0.05, 0.1) is 23.3 Å². The number of anilines is 1. The summed E-state index contributed by atoms with van der Waals surface area (Å²) in [5.41, 5.74) is 4.51. The quantitative estimate of drug-likeness (QED) is 0.840. The smallest absolute Gasteiger partial charge is 0.0625 e. The Morgan fingerprint density at radius 1 is 1.37 bits per heavy atom. The minimum absolute atomic E-state index is 0.00133. The summed E-state index contributed by atoms with van der Waals surface area (Å²) in [4.78, 5) is 0. The zero-order valence-electron chi connectivity index (χ0n) is 11.7. The van der Waals surface area contributed by atoms with Gasteiger partial charge in [-0.2, -0.15) is 5.10 Å². The van der Waals surface area contributed by atoms with Crippen LogP contribution < -0.4 is 5.32 Å². The lowest BCUT2D eigenvalue weighted by atomic mass is 10.1. The molecule has 0 aliphatic rings. The summed E-state index contributed by atoms with van der Waals surface area (Å²) in [6, 6.07) is 10.3. The lowest BCUT2D eigenvalue weighted by molar-refractivity contribution is 0.706. The number of nitrogens with zero attached hydrogens (tertiary/aromatic N) is 2. The fourth-order valence-electron chi connectivity index (χ4n) is 2.10. The predicted octanol–water partition coefficient (Wildman–Crippen LogP) is 3.89. The van der Waals surface area contributed by atoms with E-state index in [0.717, 1.165) is 29.9 Å². The number of aryl methyl sites for hydroxylation is 2. The first-order chi connectivity index (χ1) is 9.11. The van der Waals surface area contributed by atoms with E-state index in [4.69, 9.17) is 11.6 Å². The first-order valence-electron chi connectivity index (χ1n) is 6.60. The van der Waals surface area contributed by atoms with Gasteiger partial charge >= 0.3 is 0 Å². The van der Waals surface area contributed by atoms with Crippen molar-refractivity contribution >= 4 is 17.3 Å². The van der Waals surface area contributed by atoms with Crippen molar-refractivity contribution in [3.63, 3.8) is 0 Å². The third kappa shape index (κ3) is 3.29. The Morgan fingerprint density at radius 2 is 2.11 bits per heavy atom. The van der Waals surface area contributed by atoms with Gasteiger partial charge in [-0.05, 0) is 31.0 Å². The summed E-state index contributed by atoms with van der Waals surface area (Å²) in [6.45, 7) is 4.86. The Hall–Kier alpha value is -1.48. The fourth-order valence-corrected chi connectivity index (χ4v) is 2.29. The second kappa shape index (κ2) is 6.11. The molecule has 0 spiro atoms. The van der Waals surface area contributed by atoms with Gasteiger partial charge in [0, 0.05) is 12.7 Å². The van der Waals surface area contributed by atoms with Gasteiger partial charge in [-0.25, -0.2) is 0 Å². The van der Waals surface area contributed by atoms with Crippen molar-refractivity contribution in [1.29, 1.82) is 0 Å². The molecule has 1 aromatic heterocycles. The third-order valence-corrected chi connectivity index (χ3v) is 3.47. The van der Waals surface area contributed by atoms with Gasteiger partial charge in [0.2, 0.25) is 0 Å². The summed E-state index contributed by atoms with van der Waals surface area (Å²) in [7, 11) is 1.98. The molecule has 0 aliphatic carbocycles. The first-order valence-corrected chi connectivity index (χ1v) is 7.04. The molecule has 0 saturated carbocycles. The summed E-state index contributed by atoms with van der Waals surface area (Å²) in [5, 5.41) is 7.89. The van der Waals surface area contributed by atoms with Crippen molar-refractivity contribution in [2.75, 3.05) is 5.32 Å². The van der Waals surface area contributed by atoms with Crippen molar-refractivity contribution in [3.8, 4) is 0 Å². The van der Waals surface area contributed by atoms with Crippen LogP contribution in [-0.2, 0) is 20.0 Å². The largest absolute Gasteiger partial charge is 0.379 e. The first kappa shape index (κ1) is 13.9. The summed E-state index contributed by atoms with van der Waals surface area (Å²) in [5.74, 6) is 0. The van der Waals surface area contributed by atoms with E-state index < -0.39 is 0 Å². The van der Waals surface area contributed by atoms with Crippen molar-refractivity contribution in [2.45, 2.75) is 32.2 Å². The molecular weight excluding hydrogens is 258 g/mol. The van der Waals surface area contributed by atoms with Crippen LogP contribution in [0.3, 0.4) is 0 Å². The van der Waals surface area contributed by atoms with Gasteiger partial charge < -0.3 is 5.32 Å². The zero-order valence-corrected chi connectivity index (χ0v) is 12.4. The summed E-state index contributed by atoms with van der Waals surface area (Å²) >= 11 is 6.19. The van der Waals surface area contributed by atoms with E-state index in [1.54, 1.807) is 0 Å². The highest BCUT2D eigenvalue weighted by Crippen LogP contribution is 2.27. The molecule has 0 saturated heterocycles. The van der Waals surface area contributed by atoms with E-state index in [9.17, 15) is 0 Å². The van der Waals surface area contributed by atoms with Crippen LogP contribution in [0.2, 0.25) is 0 Å². The minimum atomic E-state index is 0.00133. The van der Waals surface area contributed by atoms with Crippen LogP contribution in [0.5, 0.6) is 0 Å². The highest BCUT2D eigenvalue weighted by atomic mass is 35.5. The number of halogens is 1. The molecule has 1 heterocycles. The normalized spacial score (nSPS) is 12.4. The van der Waals surface area contributed by atoms with Crippen LogP contribution >= 0.6 is 11.6 Å². The Bertz CT molecular complexity index is 546. The van der Waals surface area contributed by atoms with Crippen molar-refractivity contribution < 1.29 is 0 Å². The number of benzene rings is 1. The van der Waals surface area contributed by atoms with Gasteiger partial charge in [-0.3, -0.25) is 4.68 Å². The standard InChI is InChI=1S/C15H20ClN3/c1-4-12-9-13(19(3)18-12)10-17-15-8-6-5-7-14(15)11(2)16/h5-9,11,17H,4,10H2,1-3H3.